The van der Waals surface area contributed by atoms with E-state index in [0.717, 1.165) is 29.8 Å². The Morgan fingerprint density at radius 2 is 1.72 bits per heavy atom. The first-order valence-electron chi connectivity index (χ1n) is 9.40. The monoisotopic (exact) mass is 393 g/mol. The van der Waals surface area contributed by atoms with Gasteiger partial charge in [-0.15, -0.1) is 0 Å². The van der Waals surface area contributed by atoms with Crippen molar-refractivity contribution in [3.63, 3.8) is 0 Å². The van der Waals surface area contributed by atoms with Crippen LogP contribution in [0.1, 0.15) is 25.3 Å². The Balaban J connectivity index is 1.82. The fraction of sp³-hybridized carbons (Fsp3) is 0.238. The topological polar surface area (TPSA) is 102 Å². The normalized spacial score (nSPS) is 10.4. The number of ether oxygens (including phenoxy) is 1. The Kier molecular flexibility index (Phi) is 6.57. The second-order valence-electron chi connectivity index (χ2n) is 6.47. The summed E-state index contributed by atoms with van der Waals surface area (Å²) in [7, 11) is 0. The lowest BCUT2D eigenvalue weighted by Crippen LogP contribution is -2.06. The Morgan fingerprint density at radius 1 is 1.03 bits per heavy atom. The van der Waals surface area contributed by atoms with Gasteiger partial charge in [0.15, 0.2) is 0 Å². The molecule has 0 aliphatic rings. The van der Waals surface area contributed by atoms with Gasteiger partial charge in [-0.1, -0.05) is 31.5 Å². The second-order valence-corrected chi connectivity index (χ2v) is 6.47. The van der Waals surface area contributed by atoms with Crippen LogP contribution in [0.5, 0.6) is 5.75 Å². The minimum Gasteiger partial charge on any atom is -0.494 e. The summed E-state index contributed by atoms with van der Waals surface area (Å²) in [5.74, 6) is 0.991. The number of nitro groups is 1. The van der Waals surface area contributed by atoms with Crippen molar-refractivity contribution >= 4 is 28.7 Å². The van der Waals surface area contributed by atoms with Crippen LogP contribution in [0.2, 0.25) is 0 Å². The predicted molar refractivity (Wildman–Crippen MR) is 113 cm³/mol. The molecule has 0 unspecified atom stereocenters. The minimum absolute atomic E-state index is 0.112. The van der Waals surface area contributed by atoms with Crippen molar-refractivity contribution in [2.45, 2.75) is 26.7 Å². The average molecular weight is 393 g/mol. The zero-order valence-corrected chi connectivity index (χ0v) is 16.4. The van der Waals surface area contributed by atoms with Crippen molar-refractivity contribution < 1.29 is 9.66 Å². The molecule has 0 atom stereocenters. The summed E-state index contributed by atoms with van der Waals surface area (Å²) >= 11 is 0. The number of para-hydroxylation sites is 1. The summed E-state index contributed by atoms with van der Waals surface area (Å²) in [6.45, 7) is 4.68. The number of unbranched alkanes of at least 4 members (excludes halogenated alkanes) is 1. The van der Waals surface area contributed by atoms with Crippen LogP contribution in [-0.4, -0.2) is 21.5 Å². The van der Waals surface area contributed by atoms with Gasteiger partial charge in [-0.3, -0.25) is 10.1 Å². The molecule has 2 aromatic carbocycles. The largest absolute Gasteiger partial charge is 0.494 e. The molecule has 0 radical (unpaired) electrons. The van der Waals surface area contributed by atoms with Gasteiger partial charge in [0.25, 0.3) is 0 Å². The number of hydrogen-bond donors (Lipinski definition) is 2. The number of benzene rings is 2. The molecule has 1 heterocycles. The van der Waals surface area contributed by atoms with Crippen LogP contribution in [0.25, 0.3) is 0 Å². The van der Waals surface area contributed by atoms with E-state index >= 15 is 0 Å². The quantitative estimate of drug-likeness (QED) is 0.287. The minimum atomic E-state index is -0.495. The Hall–Kier alpha value is -3.68. The first-order chi connectivity index (χ1) is 14.1. The number of aryl methyl sites for hydroxylation is 1. The molecule has 0 saturated heterocycles. The molecule has 3 aromatic rings. The van der Waals surface area contributed by atoms with E-state index in [1.165, 1.54) is 6.33 Å². The van der Waals surface area contributed by atoms with E-state index in [1.807, 2.05) is 43.3 Å². The summed E-state index contributed by atoms with van der Waals surface area (Å²) in [6, 6.07) is 14.7. The Bertz CT molecular complexity index is 976. The molecule has 0 fully saturated rings. The molecule has 0 aliphatic heterocycles. The molecule has 0 spiro atoms. The lowest BCUT2D eigenvalue weighted by molar-refractivity contribution is -0.383. The zero-order chi connectivity index (χ0) is 20.6. The van der Waals surface area contributed by atoms with Crippen LogP contribution < -0.4 is 15.4 Å². The molecule has 0 saturated carbocycles. The van der Waals surface area contributed by atoms with E-state index in [1.54, 1.807) is 12.1 Å². The van der Waals surface area contributed by atoms with Gasteiger partial charge in [-0.2, -0.15) is 0 Å². The van der Waals surface area contributed by atoms with Gasteiger partial charge in [0.05, 0.1) is 11.5 Å². The van der Waals surface area contributed by atoms with E-state index in [4.69, 9.17) is 4.74 Å². The van der Waals surface area contributed by atoms with Crippen LogP contribution in [0.15, 0.2) is 54.9 Å². The highest BCUT2D eigenvalue weighted by Gasteiger charge is 2.23. The SMILES string of the molecule is CCCCOc1ccc(Nc2ncnc(Nc3ccccc3C)c2[N+](=O)[O-])cc1. The molecule has 29 heavy (non-hydrogen) atoms. The van der Waals surface area contributed by atoms with E-state index in [0.29, 0.717) is 12.3 Å². The van der Waals surface area contributed by atoms with Gasteiger partial charge in [-0.05, 0) is 49.2 Å². The second kappa shape index (κ2) is 9.50. The number of anilines is 4. The van der Waals surface area contributed by atoms with Crippen molar-refractivity contribution in [3.05, 3.63) is 70.5 Å². The highest BCUT2D eigenvalue weighted by molar-refractivity contribution is 5.77. The lowest BCUT2D eigenvalue weighted by atomic mass is 10.2. The highest BCUT2D eigenvalue weighted by Crippen LogP contribution is 2.33. The van der Waals surface area contributed by atoms with Gasteiger partial charge in [-0.25, -0.2) is 9.97 Å². The maximum Gasteiger partial charge on any atom is 0.353 e. The summed E-state index contributed by atoms with van der Waals surface area (Å²) in [5, 5.41) is 17.8. The molecule has 8 nitrogen and oxygen atoms in total. The maximum atomic E-state index is 11.7. The fourth-order valence-electron chi connectivity index (χ4n) is 2.68. The lowest BCUT2D eigenvalue weighted by Gasteiger charge is -2.12. The van der Waals surface area contributed by atoms with Crippen molar-refractivity contribution in [1.29, 1.82) is 0 Å². The van der Waals surface area contributed by atoms with Crippen molar-refractivity contribution in [2.24, 2.45) is 0 Å². The summed E-state index contributed by atoms with van der Waals surface area (Å²) < 4.78 is 5.64. The van der Waals surface area contributed by atoms with Gasteiger partial charge in [0.1, 0.15) is 12.1 Å². The third kappa shape index (κ3) is 5.19. The van der Waals surface area contributed by atoms with Gasteiger partial charge < -0.3 is 15.4 Å². The third-order valence-electron chi connectivity index (χ3n) is 4.29. The first-order valence-corrected chi connectivity index (χ1v) is 9.40. The average Bonchev–Trinajstić information content (AvgIpc) is 2.71. The number of aromatic nitrogens is 2. The van der Waals surface area contributed by atoms with E-state index < -0.39 is 4.92 Å². The van der Waals surface area contributed by atoms with Gasteiger partial charge in [0, 0.05) is 11.4 Å². The van der Waals surface area contributed by atoms with Crippen molar-refractivity contribution in [2.75, 3.05) is 17.2 Å². The number of nitrogens with zero attached hydrogens (tertiary/aromatic N) is 3. The summed E-state index contributed by atoms with van der Waals surface area (Å²) in [4.78, 5) is 19.4. The Labute approximate surface area is 169 Å². The van der Waals surface area contributed by atoms with Crippen molar-refractivity contribution in [3.8, 4) is 5.75 Å². The summed E-state index contributed by atoms with van der Waals surface area (Å²) in [5.41, 5.74) is 2.14. The molecular weight excluding hydrogens is 370 g/mol. The fourth-order valence-corrected chi connectivity index (χ4v) is 2.68. The molecule has 8 heteroatoms. The van der Waals surface area contributed by atoms with E-state index in [9.17, 15) is 10.1 Å². The molecule has 0 amide bonds. The molecule has 0 aliphatic carbocycles. The number of rotatable bonds is 9. The molecule has 150 valence electrons. The highest BCUT2D eigenvalue weighted by atomic mass is 16.6. The molecule has 0 bridgehead atoms. The van der Waals surface area contributed by atoms with Gasteiger partial charge in [0.2, 0.25) is 11.6 Å². The molecule has 3 rings (SSSR count). The maximum absolute atomic E-state index is 11.7. The van der Waals surface area contributed by atoms with Gasteiger partial charge >= 0.3 is 5.69 Å². The van der Waals surface area contributed by atoms with Crippen LogP contribution >= 0.6 is 0 Å². The molecule has 2 N–H and O–H groups in total. The third-order valence-corrected chi connectivity index (χ3v) is 4.29. The smallest absolute Gasteiger partial charge is 0.353 e. The van der Waals surface area contributed by atoms with Crippen LogP contribution in [-0.2, 0) is 0 Å². The molecular formula is C21H23N5O3. The number of nitrogens with one attached hydrogen (secondary N) is 2. The van der Waals surface area contributed by atoms with Crippen LogP contribution in [0.3, 0.4) is 0 Å². The van der Waals surface area contributed by atoms with Crippen LogP contribution in [0, 0.1) is 17.0 Å². The first kappa shape index (κ1) is 20.1. The van der Waals surface area contributed by atoms with E-state index in [2.05, 4.69) is 27.5 Å². The van der Waals surface area contributed by atoms with Crippen molar-refractivity contribution in [1.82, 2.24) is 9.97 Å². The number of hydrogen-bond acceptors (Lipinski definition) is 7. The van der Waals surface area contributed by atoms with Crippen LogP contribution in [0.4, 0.5) is 28.7 Å². The predicted octanol–water partition coefficient (Wildman–Crippen LogP) is 5.36. The Morgan fingerprint density at radius 3 is 2.38 bits per heavy atom. The standard InChI is InChI=1S/C21H23N5O3/c1-3-4-13-29-17-11-9-16(10-12-17)24-20-19(26(27)28)21(23-14-22-20)25-18-8-6-5-7-15(18)2/h5-12,14H,3-4,13H2,1-2H3,(H2,22,23,24,25). The summed E-state index contributed by atoms with van der Waals surface area (Å²) in [6.07, 6.45) is 3.35. The zero-order valence-electron chi connectivity index (χ0n) is 16.4. The van der Waals surface area contributed by atoms with E-state index in [-0.39, 0.29) is 17.3 Å². The molecule has 1 aromatic heterocycles.